The summed E-state index contributed by atoms with van der Waals surface area (Å²) < 4.78 is 5.57. The number of carbonyl (C=O) groups is 1. The SMILES string of the molecule is CC(C)Oc1ccc(CNCCC(C)C(=O)O)cc1. The van der Waals surface area contributed by atoms with Crippen molar-refractivity contribution in [1.82, 2.24) is 5.32 Å². The highest BCUT2D eigenvalue weighted by molar-refractivity contribution is 5.69. The van der Waals surface area contributed by atoms with Gasteiger partial charge < -0.3 is 15.2 Å². The van der Waals surface area contributed by atoms with Crippen LogP contribution in [0.4, 0.5) is 0 Å². The molecule has 0 saturated carbocycles. The molecule has 4 heteroatoms. The maximum atomic E-state index is 10.6. The van der Waals surface area contributed by atoms with E-state index in [1.807, 2.05) is 38.1 Å². The van der Waals surface area contributed by atoms with Gasteiger partial charge in [-0.3, -0.25) is 4.79 Å². The Labute approximate surface area is 114 Å². The second-order valence-electron chi connectivity index (χ2n) is 5.02. The largest absolute Gasteiger partial charge is 0.491 e. The van der Waals surface area contributed by atoms with Crippen LogP contribution in [-0.2, 0) is 11.3 Å². The standard InChI is InChI=1S/C15H23NO3/c1-11(2)19-14-6-4-13(5-7-14)10-16-9-8-12(3)15(17)18/h4-7,11-12,16H,8-10H2,1-3H3,(H,17,18). The monoisotopic (exact) mass is 265 g/mol. The van der Waals surface area contributed by atoms with E-state index < -0.39 is 5.97 Å². The van der Waals surface area contributed by atoms with Crippen LogP contribution in [0.3, 0.4) is 0 Å². The Balaban J connectivity index is 2.28. The van der Waals surface area contributed by atoms with Crippen LogP contribution < -0.4 is 10.1 Å². The molecular weight excluding hydrogens is 242 g/mol. The normalized spacial score (nSPS) is 12.4. The molecule has 0 radical (unpaired) electrons. The van der Waals surface area contributed by atoms with Crippen molar-refractivity contribution in [1.29, 1.82) is 0 Å². The lowest BCUT2D eigenvalue weighted by atomic mass is 10.1. The zero-order valence-corrected chi connectivity index (χ0v) is 11.8. The molecule has 1 aromatic rings. The summed E-state index contributed by atoms with van der Waals surface area (Å²) in [6.07, 6.45) is 0.825. The van der Waals surface area contributed by atoms with Crippen molar-refractivity contribution in [3.05, 3.63) is 29.8 Å². The van der Waals surface area contributed by atoms with Gasteiger partial charge in [-0.1, -0.05) is 19.1 Å². The van der Waals surface area contributed by atoms with Gasteiger partial charge in [-0.15, -0.1) is 0 Å². The van der Waals surface area contributed by atoms with Crippen LogP contribution in [0.15, 0.2) is 24.3 Å². The zero-order chi connectivity index (χ0) is 14.3. The van der Waals surface area contributed by atoms with Crippen LogP contribution in [0.5, 0.6) is 5.75 Å². The Bertz CT molecular complexity index is 387. The number of nitrogens with one attached hydrogen (secondary N) is 1. The van der Waals surface area contributed by atoms with Crippen LogP contribution in [0.1, 0.15) is 32.8 Å². The van der Waals surface area contributed by atoms with Crippen LogP contribution >= 0.6 is 0 Å². The molecule has 2 N–H and O–H groups in total. The number of aliphatic carboxylic acids is 1. The molecule has 1 unspecified atom stereocenters. The molecule has 0 aliphatic rings. The average molecular weight is 265 g/mol. The summed E-state index contributed by atoms with van der Waals surface area (Å²) in [4.78, 5) is 10.6. The fraction of sp³-hybridized carbons (Fsp3) is 0.533. The van der Waals surface area contributed by atoms with Gasteiger partial charge in [-0.25, -0.2) is 0 Å². The molecule has 1 aromatic carbocycles. The van der Waals surface area contributed by atoms with Crippen molar-refractivity contribution in [3.8, 4) is 5.75 Å². The number of carboxylic acid groups (broad SMARTS) is 1. The molecule has 19 heavy (non-hydrogen) atoms. The van der Waals surface area contributed by atoms with Gasteiger partial charge >= 0.3 is 5.97 Å². The first-order valence-electron chi connectivity index (χ1n) is 6.68. The molecule has 0 saturated heterocycles. The zero-order valence-electron chi connectivity index (χ0n) is 11.8. The fourth-order valence-electron chi connectivity index (χ4n) is 1.63. The Hall–Kier alpha value is -1.55. The topological polar surface area (TPSA) is 58.6 Å². The first-order valence-corrected chi connectivity index (χ1v) is 6.68. The summed E-state index contributed by atoms with van der Waals surface area (Å²) in [5.41, 5.74) is 1.17. The Kier molecular flexibility index (Phi) is 6.36. The van der Waals surface area contributed by atoms with Gasteiger partial charge in [0.1, 0.15) is 5.75 Å². The summed E-state index contributed by atoms with van der Waals surface area (Å²) in [6, 6.07) is 7.95. The number of hydrogen-bond donors (Lipinski definition) is 2. The Morgan fingerprint density at radius 2 is 1.89 bits per heavy atom. The second-order valence-corrected chi connectivity index (χ2v) is 5.02. The average Bonchev–Trinajstić information content (AvgIpc) is 2.35. The van der Waals surface area contributed by atoms with Gasteiger partial charge in [0.05, 0.1) is 12.0 Å². The number of carboxylic acids is 1. The van der Waals surface area contributed by atoms with Crippen LogP contribution in [0.2, 0.25) is 0 Å². The van der Waals surface area contributed by atoms with E-state index in [0.29, 0.717) is 13.0 Å². The number of hydrogen-bond acceptors (Lipinski definition) is 3. The maximum Gasteiger partial charge on any atom is 0.306 e. The van der Waals surface area contributed by atoms with E-state index in [0.717, 1.165) is 12.3 Å². The lowest BCUT2D eigenvalue weighted by Gasteiger charge is -2.11. The van der Waals surface area contributed by atoms with E-state index in [9.17, 15) is 4.79 Å². The van der Waals surface area contributed by atoms with Crippen LogP contribution in [0.25, 0.3) is 0 Å². The molecular formula is C15H23NO3. The summed E-state index contributed by atoms with van der Waals surface area (Å²) in [7, 11) is 0. The van der Waals surface area contributed by atoms with E-state index >= 15 is 0 Å². The van der Waals surface area contributed by atoms with Crippen molar-refractivity contribution >= 4 is 5.97 Å². The minimum atomic E-state index is -0.739. The van der Waals surface area contributed by atoms with E-state index in [1.165, 1.54) is 5.56 Å². The molecule has 1 rings (SSSR count). The molecule has 0 aromatic heterocycles. The van der Waals surface area contributed by atoms with E-state index in [2.05, 4.69) is 5.32 Å². The Morgan fingerprint density at radius 1 is 1.26 bits per heavy atom. The third-order valence-electron chi connectivity index (χ3n) is 2.80. The number of ether oxygens (including phenoxy) is 1. The van der Waals surface area contributed by atoms with Gasteiger partial charge in [-0.05, 0) is 44.5 Å². The first-order chi connectivity index (χ1) is 8.99. The summed E-state index contributed by atoms with van der Waals surface area (Å²) in [5.74, 6) is -0.162. The minimum Gasteiger partial charge on any atom is -0.491 e. The molecule has 0 fully saturated rings. The van der Waals surface area contributed by atoms with Crippen molar-refractivity contribution in [2.75, 3.05) is 6.54 Å². The molecule has 0 aliphatic carbocycles. The number of benzene rings is 1. The van der Waals surface area contributed by atoms with Crippen LogP contribution in [0, 0.1) is 5.92 Å². The Morgan fingerprint density at radius 3 is 2.42 bits per heavy atom. The smallest absolute Gasteiger partial charge is 0.306 e. The van der Waals surface area contributed by atoms with Gasteiger partial charge in [0.15, 0.2) is 0 Å². The number of rotatable bonds is 8. The quantitative estimate of drug-likeness (QED) is 0.709. The molecule has 106 valence electrons. The lowest BCUT2D eigenvalue weighted by Crippen LogP contribution is -2.20. The first kappa shape index (κ1) is 15.5. The predicted molar refractivity (Wildman–Crippen MR) is 75.3 cm³/mol. The third kappa shape index (κ3) is 6.25. The molecule has 1 atom stereocenters. The highest BCUT2D eigenvalue weighted by atomic mass is 16.5. The van der Waals surface area contributed by atoms with E-state index in [-0.39, 0.29) is 12.0 Å². The molecule has 4 nitrogen and oxygen atoms in total. The fourth-order valence-corrected chi connectivity index (χ4v) is 1.63. The van der Waals surface area contributed by atoms with Crippen LogP contribution in [-0.4, -0.2) is 23.7 Å². The second kappa shape index (κ2) is 7.79. The highest BCUT2D eigenvalue weighted by Crippen LogP contribution is 2.13. The van der Waals surface area contributed by atoms with Gasteiger partial charge in [0.2, 0.25) is 0 Å². The lowest BCUT2D eigenvalue weighted by molar-refractivity contribution is -0.141. The highest BCUT2D eigenvalue weighted by Gasteiger charge is 2.09. The minimum absolute atomic E-state index is 0.182. The van der Waals surface area contributed by atoms with Crippen molar-refractivity contribution in [3.63, 3.8) is 0 Å². The molecule has 0 aliphatic heterocycles. The van der Waals surface area contributed by atoms with Gasteiger partial charge in [-0.2, -0.15) is 0 Å². The van der Waals surface area contributed by atoms with E-state index in [4.69, 9.17) is 9.84 Å². The summed E-state index contributed by atoms with van der Waals surface area (Å²) in [6.45, 7) is 7.17. The summed E-state index contributed by atoms with van der Waals surface area (Å²) >= 11 is 0. The van der Waals surface area contributed by atoms with Gasteiger partial charge in [0, 0.05) is 6.54 Å². The van der Waals surface area contributed by atoms with Gasteiger partial charge in [0.25, 0.3) is 0 Å². The molecule has 0 heterocycles. The molecule has 0 spiro atoms. The summed E-state index contributed by atoms with van der Waals surface area (Å²) in [5, 5.41) is 12.0. The van der Waals surface area contributed by atoms with Crippen molar-refractivity contribution in [2.24, 2.45) is 5.92 Å². The van der Waals surface area contributed by atoms with Crippen molar-refractivity contribution < 1.29 is 14.6 Å². The third-order valence-corrected chi connectivity index (χ3v) is 2.80. The van der Waals surface area contributed by atoms with Crippen molar-refractivity contribution in [2.45, 2.75) is 39.8 Å². The predicted octanol–water partition coefficient (Wildman–Crippen LogP) is 2.67. The van der Waals surface area contributed by atoms with E-state index in [1.54, 1.807) is 6.92 Å². The molecule has 0 bridgehead atoms. The maximum absolute atomic E-state index is 10.6. The molecule has 0 amide bonds.